The van der Waals surface area contributed by atoms with Crippen molar-refractivity contribution in [2.24, 2.45) is 0 Å². The monoisotopic (exact) mass is 526 g/mol. The predicted molar refractivity (Wildman–Crippen MR) is 144 cm³/mol. The Bertz CT molecular complexity index is 1440. The Kier molecular flexibility index (Phi) is 6.56. The van der Waals surface area contributed by atoms with Crippen molar-refractivity contribution in [3.05, 3.63) is 141 Å². The van der Waals surface area contributed by atoms with Crippen molar-refractivity contribution >= 4 is 0 Å². The molecule has 6 rings (SSSR count). The third-order valence-corrected chi connectivity index (χ3v) is 7.26. The van der Waals surface area contributed by atoms with Crippen molar-refractivity contribution in [1.82, 2.24) is 9.55 Å². The quantitative estimate of drug-likeness (QED) is 0.367. The summed E-state index contributed by atoms with van der Waals surface area (Å²) in [5.41, 5.74) is 0.906. The van der Waals surface area contributed by atoms with Gasteiger partial charge in [-0.1, -0.05) is 91.0 Å². The zero-order chi connectivity index (χ0) is 27.0. The normalized spacial score (nSPS) is 23.9. The second kappa shape index (κ2) is 10.1. The molecule has 1 aromatic heterocycles. The van der Waals surface area contributed by atoms with Crippen LogP contribution >= 0.6 is 0 Å². The molecular formula is C31H30N2O6. The van der Waals surface area contributed by atoms with E-state index in [1.54, 1.807) is 0 Å². The summed E-state index contributed by atoms with van der Waals surface area (Å²) >= 11 is 0. The molecule has 1 N–H and O–H groups in total. The standard InChI is InChI=1S/C31H30N2O6/c1-30(2)38-26-24(37-28(27(26)39-30)33-19-18-25(34)32-29(33)35)20-36-31(21-12-6-3-7-13-21,22-14-8-4-9-15-22)23-16-10-5-11-17-23/h3-19,24,26-28H,20H2,1-2H3,(H,32,34,35)/t24-,26+,27+,28-/m0/s1. The van der Waals surface area contributed by atoms with Crippen LogP contribution in [0.1, 0.15) is 36.8 Å². The van der Waals surface area contributed by atoms with Gasteiger partial charge in [0.1, 0.15) is 23.9 Å². The Hall–Kier alpha value is -3.82. The van der Waals surface area contributed by atoms with Crippen LogP contribution in [0.4, 0.5) is 0 Å². The van der Waals surface area contributed by atoms with Gasteiger partial charge in [-0.2, -0.15) is 0 Å². The summed E-state index contributed by atoms with van der Waals surface area (Å²) in [4.78, 5) is 26.6. The number of fused-ring (bicyclic) bond motifs is 1. The van der Waals surface area contributed by atoms with Crippen molar-refractivity contribution in [3.63, 3.8) is 0 Å². The van der Waals surface area contributed by atoms with E-state index in [1.165, 1.54) is 16.8 Å². The van der Waals surface area contributed by atoms with Crippen molar-refractivity contribution in [2.75, 3.05) is 6.61 Å². The first-order valence-electron chi connectivity index (χ1n) is 13.0. The van der Waals surface area contributed by atoms with Crippen LogP contribution in [-0.4, -0.2) is 40.3 Å². The van der Waals surface area contributed by atoms with Crippen LogP contribution in [0.3, 0.4) is 0 Å². The number of H-pyrrole nitrogens is 1. The summed E-state index contributed by atoms with van der Waals surface area (Å²) in [7, 11) is 0. The molecule has 200 valence electrons. The molecular weight excluding hydrogens is 496 g/mol. The molecule has 39 heavy (non-hydrogen) atoms. The van der Waals surface area contributed by atoms with Crippen LogP contribution in [0.2, 0.25) is 0 Å². The number of hydrogen-bond donors (Lipinski definition) is 1. The summed E-state index contributed by atoms with van der Waals surface area (Å²) < 4.78 is 27.2. The second-order valence-electron chi connectivity index (χ2n) is 10.2. The number of aromatic amines is 1. The average Bonchev–Trinajstić information content (AvgIpc) is 3.44. The van der Waals surface area contributed by atoms with E-state index in [-0.39, 0.29) is 6.61 Å². The van der Waals surface area contributed by atoms with Crippen LogP contribution in [0.5, 0.6) is 0 Å². The van der Waals surface area contributed by atoms with Gasteiger partial charge in [-0.05, 0) is 30.5 Å². The SMILES string of the molecule is CC1(C)O[C@@H]2[C@H](O1)[C@H](COC(c1ccccc1)(c1ccccc1)c1ccccc1)O[C@@H]2n1ccc(=O)[nH]c1=O. The summed E-state index contributed by atoms with van der Waals surface area (Å²) in [6, 6.07) is 31.5. The minimum atomic E-state index is -0.940. The van der Waals surface area contributed by atoms with Crippen molar-refractivity contribution in [3.8, 4) is 0 Å². The summed E-state index contributed by atoms with van der Waals surface area (Å²) in [6.45, 7) is 3.81. The molecule has 8 heteroatoms. The molecule has 0 radical (unpaired) electrons. The maximum absolute atomic E-state index is 12.7. The lowest BCUT2D eigenvalue weighted by Crippen LogP contribution is -2.39. The third kappa shape index (κ3) is 4.66. The Morgan fingerprint density at radius 3 is 1.82 bits per heavy atom. The topological polar surface area (TPSA) is 91.8 Å². The Morgan fingerprint density at radius 1 is 0.795 bits per heavy atom. The molecule has 0 amide bonds. The van der Waals surface area contributed by atoms with E-state index in [4.69, 9.17) is 18.9 Å². The Balaban J connectivity index is 1.40. The fourth-order valence-corrected chi connectivity index (χ4v) is 5.62. The highest BCUT2D eigenvalue weighted by Crippen LogP contribution is 2.45. The molecule has 4 aromatic rings. The fourth-order valence-electron chi connectivity index (χ4n) is 5.62. The molecule has 0 aliphatic carbocycles. The summed E-state index contributed by atoms with van der Waals surface area (Å²) in [5, 5.41) is 0. The molecule has 4 atom stereocenters. The molecule has 3 aromatic carbocycles. The van der Waals surface area contributed by atoms with E-state index in [2.05, 4.69) is 41.4 Å². The van der Waals surface area contributed by atoms with Crippen molar-refractivity contribution in [2.45, 2.75) is 49.8 Å². The van der Waals surface area contributed by atoms with Gasteiger partial charge in [0.2, 0.25) is 0 Å². The van der Waals surface area contributed by atoms with Crippen LogP contribution in [0.15, 0.2) is 113 Å². The van der Waals surface area contributed by atoms with Crippen LogP contribution in [0, 0.1) is 0 Å². The molecule has 0 unspecified atom stereocenters. The maximum Gasteiger partial charge on any atom is 0.330 e. The third-order valence-electron chi connectivity index (χ3n) is 7.26. The first kappa shape index (κ1) is 25.5. The number of ether oxygens (including phenoxy) is 4. The molecule has 0 spiro atoms. The van der Waals surface area contributed by atoms with E-state index in [0.29, 0.717) is 0 Å². The highest BCUT2D eigenvalue weighted by atomic mass is 16.8. The van der Waals surface area contributed by atoms with E-state index in [9.17, 15) is 9.59 Å². The first-order valence-corrected chi connectivity index (χ1v) is 13.0. The number of hydrogen-bond acceptors (Lipinski definition) is 6. The predicted octanol–water partition coefficient (Wildman–Crippen LogP) is 3.96. The van der Waals surface area contributed by atoms with Gasteiger partial charge in [-0.15, -0.1) is 0 Å². The molecule has 2 fully saturated rings. The highest BCUT2D eigenvalue weighted by molar-refractivity contribution is 5.47. The number of rotatable bonds is 7. The molecule has 2 aliphatic rings. The molecule has 0 bridgehead atoms. The largest absolute Gasteiger partial charge is 0.358 e. The maximum atomic E-state index is 12.7. The van der Waals surface area contributed by atoms with Gasteiger partial charge in [-0.3, -0.25) is 14.3 Å². The number of nitrogens with one attached hydrogen (secondary N) is 1. The summed E-state index contributed by atoms with van der Waals surface area (Å²) in [6.07, 6.45) is -1.01. The minimum absolute atomic E-state index is 0.147. The van der Waals surface area contributed by atoms with E-state index >= 15 is 0 Å². The van der Waals surface area contributed by atoms with Gasteiger partial charge >= 0.3 is 5.69 Å². The molecule has 3 heterocycles. The fraction of sp³-hybridized carbons (Fsp3) is 0.290. The first-order chi connectivity index (χ1) is 18.9. The van der Waals surface area contributed by atoms with E-state index in [0.717, 1.165) is 16.7 Å². The highest BCUT2D eigenvalue weighted by Gasteiger charge is 2.56. The van der Waals surface area contributed by atoms with Gasteiger partial charge in [-0.25, -0.2) is 4.79 Å². The van der Waals surface area contributed by atoms with Gasteiger partial charge in [0, 0.05) is 12.3 Å². The zero-order valence-electron chi connectivity index (χ0n) is 21.7. The zero-order valence-corrected chi connectivity index (χ0v) is 21.7. The molecule has 2 saturated heterocycles. The van der Waals surface area contributed by atoms with Crippen LogP contribution in [0.25, 0.3) is 0 Å². The van der Waals surface area contributed by atoms with E-state index in [1.807, 2.05) is 68.4 Å². The Morgan fingerprint density at radius 2 is 1.31 bits per heavy atom. The molecule has 0 saturated carbocycles. The van der Waals surface area contributed by atoms with Gasteiger partial charge < -0.3 is 18.9 Å². The van der Waals surface area contributed by atoms with Crippen LogP contribution < -0.4 is 11.2 Å². The van der Waals surface area contributed by atoms with Gasteiger partial charge in [0.15, 0.2) is 12.0 Å². The second-order valence-corrected chi connectivity index (χ2v) is 10.2. The lowest BCUT2D eigenvalue weighted by molar-refractivity contribution is -0.205. The van der Waals surface area contributed by atoms with Crippen molar-refractivity contribution < 1.29 is 18.9 Å². The molecule has 2 aliphatic heterocycles. The molecule has 8 nitrogen and oxygen atoms in total. The lowest BCUT2D eigenvalue weighted by atomic mass is 9.80. The van der Waals surface area contributed by atoms with Crippen molar-refractivity contribution in [1.29, 1.82) is 0 Å². The van der Waals surface area contributed by atoms with E-state index < -0.39 is 47.2 Å². The van der Waals surface area contributed by atoms with Gasteiger partial charge in [0.25, 0.3) is 5.56 Å². The summed E-state index contributed by atoms with van der Waals surface area (Å²) in [5.74, 6) is -0.878. The van der Waals surface area contributed by atoms with Crippen LogP contribution in [-0.2, 0) is 24.5 Å². The lowest BCUT2D eigenvalue weighted by Gasteiger charge is -2.37. The smallest absolute Gasteiger partial charge is 0.330 e. The number of aromatic nitrogens is 2. The minimum Gasteiger partial charge on any atom is -0.358 e. The number of benzene rings is 3. The van der Waals surface area contributed by atoms with Gasteiger partial charge in [0.05, 0.1) is 6.61 Å². The average molecular weight is 527 g/mol. The number of nitrogens with zero attached hydrogens (tertiary/aromatic N) is 1. The Labute approximate surface area is 225 Å².